The van der Waals surface area contributed by atoms with Gasteiger partial charge < -0.3 is 10.6 Å². The molecule has 2 aromatic rings. The van der Waals surface area contributed by atoms with E-state index in [1.807, 2.05) is 13.0 Å². The Morgan fingerprint density at radius 2 is 2.07 bits per heavy atom. The van der Waals surface area contributed by atoms with Crippen molar-refractivity contribution in [2.75, 3.05) is 19.6 Å². The summed E-state index contributed by atoms with van der Waals surface area (Å²) in [6, 6.07) is 7.53. The monoisotopic (exact) mass is 394 g/mol. The topological polar surface area (TPSA) is 68.3 Å². The van der Waals surface area contributed by atoms with Gasteiger partial charge in [0, 0.05) is 38.4 Å². The molecule has 0 amide bonds. The van der Waals surface area contributed by atoms with E-state index >= 15 is 0 Å². The van der Waals surface area contributed by atoms with Crippen LogP contribution in [-0.4, -0.2) is 46.7 Å². The van der Waals surface area contributed by atoms with Gasteiger partial charge in [-0.3, -0.25) is 10.00 Å². The van der Waals surface area contributed by atoms with Gasteiger partial charge in [0.1, 0.15) is 0 Å². The number of aromatic amines is 1. The van der Waals surface area contributed by atoms with E-state index < -0.39 is 11.7 Å². The van der Waals surface area contributed by atoms with Gasteiger partial charge in [0.05, 0.1) is 17.8 Å². The number of hydrogen-bond acceptors (Lipinski definition) is 3. The van der Waals surface area contributed by atoms with Crippen LogP contribution in [0.1, 0.15) is 30.2 Å². The average Bonchev–Trinajstić information content (AvgIpc) is 3.32. The molecule has 0 aliphatic carbocycles. The van der Waals surface area contributed by atoms with E-state index in [-0.39, 0.29) is 6.04 Å². The molecule has 3 N–H and O–H groups in total. The SMILES string of the molecule is CCNC(=NCc1ccn[nH]1)NC1CCN(Cc2ccc(C(F)(F)F)cc2)C1. The number of guanidine groups is 1. The first kappa shape index (κ1) is 20.2. The predicted molar refractivity (Wildman–Crippen MR) is 102 cm³/mol. The first-order chi connectivity index (χ1) is 13.4. The van der Waals surface area contributed by atoms with E-state index in [9.17, 15) is 13.2 Å². The predicted octanol–water partition coefficient (Wildman–Crippen LogP) is 2.76. The molecule has 1 fully saturated rings. The number of halogens is 3. The van der Waals surface area contributed by atoms with E-state index in [1.54, 1.807) is 18.3 Å². The summed E-state index contributed by atoms with van der Waals surface area (Å²) < 4.78 is 38.0. The summed E-state index contributed by atoms with van der Waals surface area (Å²) in [6.45, 7) is 5.62. The summed E-state index contributed by atoms with van der Waals surface area (Å²) in [4.78, 5) is 6.79. The van der Waals surface area contributed by atoms with Crippen LogP contribution in [0, 0.1) is 0 Å². The standard InChI is InChI=1S/C19H25F3N6/c1-2-23-18(24-11-16-7-9-25-27-16)26-17-8-10-28(13-17)12-14-3-5-15(6-4-14)19(20,21)22/h3-7,9,17H,2,8,10-13H2,1H3,(H,25,27)(H2,23,24,26). The van der Waals surface area contributed by atoms with E-state index in [2.05, 4.69) is 30.7 Å². The van der Waals surface area contributed by atoms with Crippen LogP contribution < -0.4 is 10.6 Å². The van der Waals surface area contributed by atoms with Crippen LogP contribution in [0.5, 0.6) is 0 Å². The molecule has 28 heavy (non-hydrogen) atoms. The van der Waals surface area contributed by atoms with Crippen molar-refractivity contribution in [1.82, 2.24) is 25.7 Å². The fourth-order valence-electron chi connectivity index (χ4n) is 3.20. The first-order valence-corrected chi connectivity index (χ1v) is 9.35. The molecule has 3 rings (SSSR count). The third-order valence-corrected chi connectivity index (χ3v) is 4.61. The summed E-state index contributed by atoms with van der Waals surface area (Å²) in [5.41, 5.74) is 1.21. The van der Waals surface area contributed by atoms with Crippen molar-refractivity contribution in [1.29, 1.82) is 0 Å². The fourth-order valence-corrected chi connectivity index (χ4v) is 3.20. The van der Waals surface area contributed by atoms with Crippen LogP contribution in [0.4, 0.5) is 13.2 Å². The molecule has 0 spiro atoms. The Labute approximate surface area is 162 Å². The smallest absolute Gasteiger partial charge is 0.357 e. The Kier molecular flexibility index (Phi) is 6.56. The quantitative estimate of drug-likeness (QED) is 0.521. The Morgan fingerprint density at radius 3 is 2.71 bits per heavy atom. The zero-order valence-electron chi connectivity index (χ0n) is 15.8. The van der Waals surface area contributed by atoms with Gasteiger partial charge in [-0.1, -0.05) is 12.1 Å². The van der Waals surface area contributed by atoms with Gasteiger partial charge in [-0.2, -0.15) is 18.3 Å². The molecule has 6 nitrogen and oxygen atoms in total. The third-order valence-electron chi connectivity index (χ3n) is 4.61. The van der Waals surface area contributed by atoms with Crippen LogP contribution in [0.15, 0.2) is 41.5 Å². The van der Waals surface area contributed by atoms with Gasteiger partial charge in [-0.05, 0) is 37.1 Å². The molecule has 152 valence electrons. The number of benzene rings is 1. The second kappa shape index (κ2) is 9.09. The lowest BCUT2D eigenvalue weighted by molar-refractivity contribution is -0.137. The summed E-state index contributed by atoms with van der Waals surface area (Å²) in [5.74, 6) is 0.749. The maximum Gasteiger partial charge on any atom is 0.416 e. The molecular weight excluding hydrogens is 369 g/mol. The molecule has 0 radical (unpaired) electrons. The van der Waals surface area contributed by atoms with Crippen molar-refractivity contribution in [3.63, 3.8) is 0 Å². The van der Waals surface area contributed by atoms with Gasteiger partial charge in [-0.15, -0.1) is 0 Å². The van der Waals surface area contributed by atoms with Crippen molar-refractivity contribution in [3.8, 4) is 0 Å². The highest BCUT2D eigenvalue weighted by molar-refractivity contribution is 5.80. The Balaban J connectivity index is 1.51. The van der Waals surface area contributed by atoms with Crippen molar-refractivity contribution < 1.29 is 13.2 Å². The molecule has 1 atom stereocenters. The second-order valence-corrected chi connectivity index (χ2v) is 6.84. The number of hydrogen-bond donors (Lipinski definition) is 3. The lowest BCUT2D eigenvalue weighted by Gasteiger charge is -2.19. The minimum Gasteiger partial charge on any atom is -0.357 e. The number of nitrogens with one attached hydrogen (secondary N) is 3. The summed E-state index contributed by atoms with van der Waals surface area (Å²) in [7, 11) is 0. The van der Waals surface area contributed by atoms with Gasteiger partial charge in [0.2, 0.25) is 0 Å². The van der Waals surface area contributed by atoms with E-state index in [0.717, 1.165) is 55.4 Å². The van der Waals surface area contributed by atoms with E-state index in [4.69, 9.17) is 0 Å². The average molecular weight is 394 g/mol. The zero-order valence-corrected chi connectivity index (χ0v) is 15.8. The van der Waals surface area contributed by atoms with Crippen molar-refractivity contribution in [2.24, 2.45) is 4.99 Å². The zero-order chi connectivity index (χ0) is 20.0. The number of rotatable bonds is 6. The number of aliphatic imine (C=N–C) groups is 1. The van der Waals surface area contributed by atoms with Crippen molar-refractivity contribution in [2.45, 2.75) is 38.7 Å². The molecular formula is C19H25F3N6. The maximum atomic E-state index is 12.7. The van der Waals surface area contributed by atoms with Crippen LogP contribution in [-0.2, 0) is 19.3 Å². The Bertz CT molecular complexity index is 755. The normalized spacial score (nSPS) is 18.4. The minimum absolute atomic E-state index is 0.244. The highest BCUT2D eigenvalue weighted by atomic mass is 19.4. The molecule has 1 aliphatic rings. The number of H-pyrrole nitrogens is 1. The summed E-state index contributed by atoms with van der Waals surface area (Å²) >= 11 is 0. The molecule has 0 bridgehead atoms. The Hall–Kier alpha value is -2.55. The van der Waals surface area contributed by atoms with Crippen LogP contribution in [0.25, 0.3) is 0 Å². The highest BCUT2D eigenvalue weighted by Gasteiger charge is 2.30. The summed E-state index contributed by atoms with van der Waals surface area (Å²) in [5, 5.41) is 13.5. The molecule has 0 saturated carbocycles. The molecule has 2 heterocycles. The first-order valence-electron chi connectivity index (χ1n) is 9.35. The Morgan fingerprint density at radius 1 is 1.29 bits per heavy atom. The second-order valence-electron chi connectivity index (χ2n) is 6.84. The third kappa shape index (κ3) is 5.72. The number of nitrogens with zero attached hydrogens (tertiary/aromatic N) is 3. The number of likely N-dealkylation sites (tertiary alicyclic amines) is 1. The fraction of sp³-hybridized carbons (Fsp3) is 0.474. The summed E-state index contributed by atoms with van der Waals surface area (Å²) in [6.07, 6.45) is -1.64. The number of alkyl halides is 3. The van der Waals surface area contributed by atoms with Gasteiger partial charge in [0.15, 0.2) is 5.96 Å². The van der Waals surface area contributed by atoms with Crippen LogP contribution >= 0.6 is 0 Å². The molecule has 1 unspecified atom stereocenters. The van der Waals surface area contributed by atoms with Crippen LogP contribution in [0.2, 0.25) is 0 Å². The lowest BCUT2D eigenvalue weighted by Crippen LogP contribution is -2.44. The van der Waals surface area contributed by atoms with Crippen molar-refractivity contribution >= 4 is 5.96 Å². The van der Waals surface area contributed by atoms with Gasteiger partial charge in [0.25, 0.3) is 0 Å². The number of aromatic nitrogens is 2. The molecule has 1 aromatic carbocycles. The molecule has 1 aliphatic heterocycles. The molecule has 1 saturated heterocycles. The van der Waals surface area contributed by atoms with Gasteiger partial charge >= 0.3 is 6.18 Å². The van der Waals surface area contributed by atoms with Crippen LogP contribution in [0.3, 0.4) is 0 Å². The largest absolute Gasteiger partial charge is 0.416 e. The van der Waals surface area contributed by atoms with Gasteiger partial charge in [-0.25, -0.2) is 4.99 Å². The highest BCUT2D eigenvalue weighted by Crippen LogP contribution is 2.29. The van der Waals surface area contributed by atoms with Crippen molar-refractivity contribution in [3.05, 3.63) is 53.3 Å². The van der Waals surface area contributed by atoms with E-state index in [0.29, 0.717) is 13.1 Å². The van der Waals surface area contributed by atoms with E-state index in [1.165, 1.54) is 0 Å². The molecule has 1 aromatic heterocycles. The maximum absolute atomic E-state index is 12.7. The molecule has 9 heteroatoms. The minimum atomic E-state index is -4.29. The lowest BCUT2D eigenvalue weighted by atomic mass is 10.1.